The van der Waals surface area contributed by atoms with Crippen molar-refractivity contribution in [3.8, 4) is 0 Å². The third kappa shape index (κ3) is 4.16. The fourth-order valence-corrected chi connectivity index (χ4v) is 1.12. The van der Waals surface area contributed by atoms with Crippen LogP contribution in [0.5, 0.6) is 0 Å². The predicted octanol–water partition coefficient (Wildman–Crippen LogP) is 2.04. The van der Waals surface area contributed by atoms with E-state index in [1.165, 1.54) is 6.26 Å². The molecule has 0 fully saturated rings. The van der Waals surface area contributed by atoms with Gasteiger partial charge in [0.05, 0.1) is 12.7 Å². The molecule has 1 atom stereocenters. The van der Waals surface area contributed by atoms with Crippen LogP contribution < -0.4 is 0 Å². The Morgan fingerprint density at radius 2 is 2.27 bits per heavy atom. The number of rotatable bonds is 3. The zero-order valence-corrected chi connectivity index (χ0v) is 9.19. The van der Waals surface area contributed by atoms with Crippen LogP contribution in [0.1, 0.15) is 39.1 Å². The van der Waals surface area contributed by atoms with Gasteiger partial charge in [-0.25, -0.2) is 0 Å². The number of aliphatic hydroxyl groups excluding tert-OH is 1. The minimum absolute atomic E-state index is 0.0925. The number of hydrogen-bond donors (Lipinski definition) is 1. The van der Waals surface area contributed by atoms with E-state index in [9.17, 15) is 9.90 Å². The number of ether oxygens (including phenoxy) is 1. The van der Waals surface area contributed by atoms with Crippen molar-refractivity contribution < 1.29 is 19.1 Å². The van der Waals surface area contributed by atoms with Gasteiger partial charge in [-0.1, -0.05) is 0 Å². The quantitative estimate of drug-likeness (QED) is 0.779. The minimum Gasteiger partial charge on any atom is -0.467 e. The van der Waals surface area contributed by atoms with Crippen molar-refractivity contribution in [1.82, 2.24) is 0 Å². The van der Waals surface area contributed by atoms with Crippen molar-refractivity contribution in [3.05, 3.63) is 24.2 Å². The Labute approximate surface area is 88.8 Å². The Morgan fingerprint density at radius 1 is 1.60 bits per heavy atom. The average Bonchev–Trinajstić information content (AvgIpc) is 2.50. The van der Waals surface area contributed by atoms with Crippen molar-refractivity contribution in [2.75, 3.05) is 0 Å². The summed E-state index contributed by atoms with van der Waals surface area (Å²) in [6.07, 6.45) is 0.424. The molecule has 0 saturated heterocycles. The predicted molar refractivity (Wildman–Crippen MR) is 54.1 cm³/mol. The molecule has 1 aromatic rings. The Morgan fingerprint density at radius 3 is 2.73 bits per heavy atom. The molecule has 0 amide bonds. The lowest BCUT2D eigenvalue weighted by atomic mass is 10.1. The van der Waals surface area contributed by atoms with E-state index in [0.29, 0.717) is 5.76 Å². The van der Waals surface area contributed by atoms with E-state index in [0.717, 1.165) is 0 Å². The van der Waals surface area contributed by atoms with E-state index < -0.39 is 17.7 Å². The largest absolute Gasteiger partial charge is 0.467 e. The molecule has 1 unspecified atom stereocenters. The second-order valence-corrected chi connectivity index (χ2v) is 4.32. The summed E-state index contributed by atoms with van der Waals surface area (Å²) >= 11 is 0. The van der Waals surface area contributed by atoms with Crippen LogP contribution in [0.15, 0.2) is 22.8 Å². The normalized spacial score (nSPS) is 13.6. The monoisotopic (exact) mass is 212 g/mol. The van der Waals surface area contributed by atoms with Gasteiger partial charge < -0.3 is 14.3 Å². The molecule has 4 nitrogen and oxygen atoms in total. The highest BCUT2D eigenvalue weighted by Gasteiger charge is 2.21. The number of aliphatic hydroxyl groups is 1. The van der Waals surface area contributed by atoms with E-state index >= 15 is 0 Å². The molecular formula is C11H16O4. The first-order valence-electron chi connectivity index (χ1n) is 4.82. The maximum absolute atomic E-state index is 11.3. The fraction of sp³-hybridized carbons (Fsp3) is 0.545. The van der Waals surface area contributed by atoms with Crippen molar-refractivity contribution in [3.63, 3.8) is 0 Å². The Hall–Kier alpha value is -1.29. The summed E-state index contributed by atoms with van der Waals surface area (Å²) in [7, 11) is 0. The lowest BCUT2D eigenvalue weighted by Crippen LogP contribution is -2.24. The highest BCUT2D eigenvalue weighted by molar-refractivity contribution is 5.70. The average molecular weight is 212 g/mol. The first-order valence-corrected chi connectivity index (χ1v) is 4.82. The number of carbonyl (C=O) groups is 1. The number of carbonyl (C=O) groups excluding carboxylic acids is 1. The second kappa shape index (κ2) is 4.49. The number of hydrogen-bond acceptors (Lipinski definition) is 4. The molecule has 1 heterocycles. The minimum atomic E-state index is -0.935. The first-order chi connectivity index (χ1) is 6.88. The van der Waals surface area contributed by atoms with Crippen LogP contribution in [0.2, 0.25) is 0 Å². The van der Waals surface area contributed by atoms with Crippen LogP contribution in [-0.2, 0) is 9.53 Å². The van der Waals surface area contributed by atoms with Crippen LogP contribution in [0.25, 0.3) is 0 Å². The molecule has 0 aromatic carbocycles. The summed E-state index contributed by atoms with van der Waals surface area (Å²) in [5, 5.41) is 9.58. The van der Waals surface area contributed by atoms with E-state index in [1.54, 1.807) is 32.9 Å². The standard InChI is InChI=1S/C11H16O4/c1-11(2,3)15-10(13)7-8(12)9-5-4-6-14-9/h4-6,8,12H,7H2,1-3H3. The summed E-state index contributed by atoms with van der Waals surface area (Å²) in [5.74, 6) is -0.0627. The van der Waals surface area contributed by atoms with Crippen LogP contribution in [0.4, 0.5) is 0 Å². The van der Waals surface area contributed by atoms with E-state index in [-0.39, 0.29) is 6.42 Å². The lowest BCUT2D eigenvalue weighted by molar-refractivity contribution is -0.157. The maximum Gasteiger partial charge on any atom is 0.309 e. The zero-order valence-electron chi connectivity index (χ0n) is 9.19. The van der Waals surface area contributed by atoms with Gasteiger partial charge in [-0.2, -0.15) is 0 Å². The van der Waals surface area contributed by atoms with Gasteiger partial charge in [0.25, 0.3) is 0 Å². The number of esters is 1. The van der Waals surface area contributed by atoms with Crippen molar-refractivity contribution in [1.29, 1.82) is 0 Å². The molecule has 1 aromatic heterocycles. The zero-order chi connectivity index (χ0) is 11.5. The van der Waals surface area contributed by atoms with E-state index in [2.05, 4.69) is 0 Å². The molecule has 0 spiro atoms. The molecule has 4 heteroatoms. The van der Waals surface area contributed by atoms with Gasteiger partial charge in [0.15, 0.2) is 0 Å². The van der Waals surface area contributed by atoms with Crippen LogP contribution in [0.3, 0.4) is 0 Å². The fourth-order valence-electron chi connectivity index (χ4n) is 1.12. The lowest BCUT2D eigenvalue weighted by Gasteiger charge is -2.20. The molecule has 0 aliphatic carbocycles. The third-order valence-corrected chi connectivity index (χ3v) is 1.65. The van der Waals surface area contributed by atoms with Crippen molar-refractivity contribution in [2.45, 2.75) is 38.9 Å². The SMILES string of the molecule is CC(C)(C)OC(=O)CC(O)c1ccco1. The van der Waals surface area contributed by atoms with Crippen molar-refractivity contribution >= 4 is 5.97 Å². The topological polar surface area (TPSA) is 59.7 Å². The Kier molecular flexibility index (Phi) is 3.52. The van der Waals surface area contributed by atoms with Gasteiger partial charge in [0, 0.05) is 0 Å². The van der Waals surface area contributed by atoms with Gasteiger partial charge in [0.2, 0.25) is 0 Å². The van der Waals surface area contributed by atoms with Gasteiger partial charge >= 0.3 is 5.97 Å². The molecule has 0 aliphatic rings. The van der Waals surface area contributed by atoms with E-state index in [1.807, 2.05) is 0 Å². The molecule has 1 N–H and O–H groups in total. The molecule has 0 bridgehead atoms. The van der Waals surface area contributed by atoms with Gasteiger partial charge in [-0.3, -0.25) is 4.79 Å². The summed E-state index contributed by atoms with van der Waals surface area (Å²) in [6.45, 7) is 5.35. The molecule has 84 valence electrons. The van der Waals surface area contributed by atoms with E-state index in [4.69, 9.17) is 9.15 Å². The third-order valence-electron chi connectivity index (χ3n) is 1.65. The molecule has 15 heavy (non-hydrogen) atoms. The van der Waals surface area contributed by atoms with Crippen LogP contribution in [-0.4, -0.2) is 16.7 Å². The second-order valence-electron chi connectivity index (χ2n) is 4.32. The molecule has 0 saturated carbocycles. The smallest absolute Gasteiger partial charge is 0.309 e. The highest BCUT2D eigenvalue weighted by Crippen LogP contribution is 2.19. The Balaban J connectivity index is 2.45. The maximum atomic E-state index is 11.3. The summed E-state index contributed by atoms with van der Waals surface area (Å²) < 4.78 is 10.0. The summed E-state index contributed by atoms with van der Waals surface area (Å²) in [4.78, 5) is 11.3. The highest BCUT2D eigenvalue weighted by atomic mass is 16.6. The van der Waals surface area contributed by atoms with Gasteiger partial charge in [-0.15, -0.1) is 0 Å². The van der Waals surface area contributed by atoms with Gasteiger partial charge in [-0.05, 0) is 32.9 Å². The molecular weight excluding hydrogens is 196 g/mol. The summed E-state index contributed by atoms with van der Waals surface area (Å²) in [6, 6.07) is 3.28. The first kappa shape index (κ1) is 11.8. The van der Waals surface area contributed by atoms with Crippen LogP contribution in [0, 0.1) is 0 Å². The van der Waals surface area contributed by atoms with Crippen molar-refractivity contribution in [2.24, 2.45) is 0 Å². The van der Waals surface area contributed by atoms with Gasteiger partial charge in [0.1, 0.15) is 17.5 Å². The summed E-state index contributed by atoms with van der Waals surface area (Å²) in [5.41, 5.74) is -0.528. The van der Waals surface area contributed by atoms with Crippen LogP contribution >= 0.6 is 0 Å². The molecule has 1 rings (SSSR count). The number of furan rings is 1. The molecule has 0 radical (unpaired) electrons. The Bertz CT molecular complexity index is 308. The molecule has 0 aliphatic heterocycles.